The monoisotopic (exact) mass is 365 g/mol. The van der Waals surface area contributed by atoms with Gasteiger partial charge in [-0.3, -0.25) is 4.79 Å². The molecular formula is C9H5BrINO2. The van der Waals surface area contributed by atoms with Crippen molar-refractivity contribution in [2.45, 2.75) is 0 Å². The van der Waals surface area contributed by atoms with Crippen molar-refractivity contribution in [3.63, 3.8) is 0 Å². The van der Waals surface area contributed by atoms with Crippen molar-refractivity contribution in [3.05, 3.63) is 26.8 Å². The number of hydrogen-bond donors (Lipinski definition) is 1. The SMILES string of the molecule is N#Cc1ccc(C(=O)CBr)c(O)c1I. The third-order valence-electron chi connectivity index (χ3n) is 1.66. The minimum atomic E-state index is -0.204. The molecule has 5 heteroatoms. The number of phenols is 1. The molecule has 0 aliphatic rings. The molecule has 0 radical (unpaired) electrons. The molecule has 0 saturated heterocycles. The number of ketones is 1. The van der Waals surface area contributed by atoms with Gasteiger partial charge in [0.2, 0.25) is 0 Å². The van der Waals surface area contributed by atoms with E-state index in [0.717, 1.165) is 0 Å². The Kier molecular flexibility index (Phi) is 3.89. The van der Waals surface area contributed by atoms with Crippen molar-refractivity contribution in [2.75, 3.05) is 5.33 Å². The molecule has 1 aromatic carbocycles. The fourth-order valence-corrected chi connectivity index (χ4v) is 1.84. The molecule has 3 nitrogen and oxygen atoms in total. The maximum atomic E-state index is 11.3. The van der Waals surface area contributed by atoms with Crippen LogP contribution in [-0.4, -0.2) is 16.2 Å². The van der Waals surface area contributed by atoms with Gasteiger partial charge in [-0.1, -0.05) is 15.9 Å². The van der Waals surface area contributed by atoms with Crippen LogP contribution in [0.15, 0.2) is 12.1 Å². The second-order valence-corrected chi connectivity index (χ2v) is 4.13. The van der Waals surface area contributed by atoms with Gasteiger partial charge >= 0.3 is 0 Å². The Labute approximate surface area is 103 Å². The first-order valence-electron chi connectivity index (χ1n) is 3.62. The zero-order chi connectivity index (χ0) is 10.7. The number of nitriles is 1. The van der Waals surface area contributed by atoms with Gasteiger partial charge in [-0.25, -0.2) is 0 Å². The highest BCUT2D eigenvalue weighted by molar-refractivity contribution is 14.1. The van der Waals surface area contributed by atoms with E-state index in [1.165, 1.54) is 12.1 Å². The number of phenolic OH excluding ortho intramolecular Hbond substituents is 1. The highest BCUT2D eigenvalue weighted by Gasteiger charge is 2.14. The number of halogens is 2. The van der Waals surface area contributed by atoms with Gasteiger partial charge in [-0.2, -0.15) is 5.26 Å². The quantitative estimate of drug-likeness (QED) is 0.497. The van der Waals surface area contributed by atoms with Crippen molar-refractivity contribution in [1.82, 2.24) is 0 Å². The third-order valence-corrected chi connectivity index (χ3v) is 3.26. The molecule has 0 amide bonds. The highest BCUT2D eigenvalue weighted by Crippen LogP contribution is 2.27. The summed E-state index contributed by atoms with van der Waals surface area (Å²) in [5.74, 6) is -0.320. The van der Waals surface area contributed by atoms with E-state index < -0.39 is 0 Å². The van der Waals surface area contributed by atoms with E-state index in [-0.39, 0.29) is 22.4 Å². The zero-order valence-corrected chi connectivity index (χ0v) is 10.7. The Morgan fingerprint density at radius 3 is 2.79 bits per heavy atom. The van der Waals surface area contributed by atoms with Crippen LogP contribution < -0.4 is 0 Å². The van der Waals surface area contributed by atoms with E-state index in [4.69, 9.17) is 5.26 Å². The summed E-state index contributed by atoms with van der Waals surface area (Å²) in [5, 5.41) is 18.4. The number of rotatable bonds is 2. The number of carbonyl (C=O) groups is 1. The minimum absolute atomic E-state index is 0.117. The molecule has 0 fully saturated rings. The van der Waals surface area contributed by atoms with Crippen LogP contribution in [0, 0.1) is 14.9 Å². The lowest BCUT2D eigenvalue weighted by atomic mass is 10.1. The summed E-state index contributed by atoms with van der Waals surface area (Å²) in [4.78, 5) is 11.3. The highest BCUT2D eigenvalue weighted by atomic mass is 127. The normalized spacial score (nSPS) is 9.50. The fraction of sp³-hybridized carbons (Fsp3) is 0.111. The van der Waals surface area contributed by atoms with Crippen molar-refractivity contribution < 1.29 is 9.90 Å². The number of hydrogen-bond acceptors (Lipinski definition) is 3. The Hall–Kier alpha value is -0.610. The van der Waals surface area contributed by atoms with Crippen molar-refractivity contribution >= 4 is 44.3 Å². The topological polar surface area (TPSA) is 61.1 Å². The molecule has 0 unspecified atom stereocenters. The first-order chi connectivity index (χ1) is 6.61. The van der Waals surface area contributed by atoms with E-state index in [2.05, 4.69) is 15.9 Å². The maximum absolute atomic E-state index is 11.3. The smallest absolute Gasteiger partial charge is 0.177 e. The van der Waals surface area contributed by atoms with Crippen LogP contribution in [-0.2, 0) is 0 Å². The number of benzene rings is 1. The molecule has 0 spiro atoms. The third kappa shape index (κ3) is 2.07. The van der Waals surface area contributed by atoms with E-state index in [1.54, 1.807) is 0 Å². The number of carbonyl (C=O) groups excluding carboxylic acids is 1. The first-order valence-corrected chi connectivity index (χ1v) is 5.82. The first kappa shape index (κ1) is 11.5. The zero-order valence-electron chi connectivity index (χ0n) is 6.92. The van der Waals surface area contributed by atoms with Crippen LogP contribution in [0.1, 0.15) is 15.9 Å². The molecule has 0 aliphatic heterocycles. The lowest BCUT2D eigenvalue weighted by Gasteiger charge is -2.04. The number of Topliss-reactive ketones (excluding diaryl/α,β-unsaturated/α-hetero) is 1. The lowest BCUT2D eigenvalue weighted by Crippen LogP contribution is -2.01. The van der Waals surface area contributed by atoms with Crippen LogP contribution in [0.3, 0.4) is 0 Å². The van der Waals surface area contributed by atoms with Crippen molar-refractivity contribution in [3.8, 4) is 11.8 Å². The van der Waals surface area contributed by atoms with Crippen molar-refractivity contribution in [1.29, 1.82) is 5.26 Å². The van der Waals surface area contributed by atoms with Crippen LogP contribution in [0.4, 0.5) is 0 Å². The Bertz CT molecular complexity index is 426. The summed E-state index contributed by atoms with van der Waals surface area (Å²) < 4.78 is 0.414. The molecule has 14 heavy (non-hydrogen) atoms. The molecule has 0 bridgehead atoms. The number of nitrogens with zero attached hydrogens (tertiary/aromatic N) is 1. The molecule has 0 aliphatic carbocycles. The molecule has 72 valence electrons. The summed E-state index contributed by atoms with van der Waals surface area (Å²) in [5.41, 5.74) is 0.611. The second kappa shape index (κ2) is 4.75. The van der Waals surface area contributed by atoms with Crippen LogP contribution in [0.5, 0.6) is 5.75 Å². The molecule has 0 aromatic heterocycles. The summed E-state index contributed by atoms with van der Waals surface area (Å²) in [6.07, 6.45) is 0. The molecular weight excluding hydrogens is 361 g/mol. The molecule has 1 N–H and O–H groups in total. The second-order valence-electron chi connectivity index (χ2n) is 2.49. The minimum Gasteiger partial charge on any atom is -0.506 e. The summed E-state index contributed by atoms with van der Waals surface area (Å²) >= 11 is 4.86. The van der Waals surface area contributed by atoms with Gasteiger partial charge in [0.05, 0.1) is 20.0 Å². The largest absolute Gasteiger partial charge is 0.506 e. The van der Waals surface area contributed by atoms with E-state index in [0.29, 0.717) is 9.13 Å². The molecule has 0 saturated carbocycles. The Balaban J connectivity index is 3.33. The average molecular weight is 366 g/mol. The van der Waals surface area contributed by atoms with Gasteiger partial charge in [0.15, 0.2) is 5.78 Å². The van der Waals surface area contributed by atoms with E-state index in [1.807, 2.05) is 28.7 Å². The number of aromatic hydroxyl groups is 1. The lowest BCUT2D eigenvalue weighted by molar-refractivity contribution is 0.102. The predicted octanol–water partition coefficient (Wildman–Crippen LogP) is 2.45. The fourth-order valence-electron chi connectivity index (χ4n) is 0.948. The molecule has 0 heterocycles. The predicted molar refractivity (Wildman–Crippen MR) is 63.7 cm³/mol. The van der Waals surface area contributed by atoms with Crippen LogP contribution >= 0.6 is 38.5 Å². The van der Waals surface area contributed by atoms with Gasteiger partial charge in [0.25, 0.3) is 0 Å². The van der Waals surface area contributed by atoms with E-state index in [9.17, 15) is 9.90 Å². The van der Waals surface area contributed by atoms with Crippen molar-refractivity contribution in [2.24, 2.45) is 0 Å². The van der Waals surface area contributed by atoms with Gasteiger partial charge in [-0.15, -0.1) is 0 Å². The van der Waals surface area contributed by atoms with Crippen LogP contribution in [0.2, 0.25) is 0 Å². The Morgan fingerprint density at radius 2 is 2.29 bits per heavy atom. The summed E-state index contributed by atoms with van der Waals surface area (Å²) in [6, 6.07) is 4.91. The average Bonchev–Trinajstić information content (AvgIpc) is 2.21. The van der Waals surface area contributed by atoms with Gasteiger partial charge < -0.3 is 5.11 Å². The Morgan fingerprint density at radius 1 is 1.64 bits per heavy atom. The maximum Gasteiger partial charge on any atom is 0.177 e. The molecule has 0 atom stereocenters. The standard InChI is InChI=1S/C9H5BrINO2/c10-3-7(13)6-2-1-5(4-12)8(11)9(6)14/h1-2,14H,3H2. The molecule has 1 aromatic rings. The van der Waals surface area contributed by atoms with E-state index >= 15 is 0 Å². The van der Waals surface area contributed by atoms with Crippen LogP contribution in [0.25, 0.3) is 0 Å². The molecule has 1 rings (SSSR count). The number of alkyl halides is 1. The van der Waals surface area contributed by atoms with Gasteiger partial charge in [-0.05, 0) is 34.7 Å². The van der Waals surface area contributed by atoms with Gasteiger partial charge in [0.1, 0.15) is 11.8 Å². The summed E-state index contributed by atoms with van der Waals surface area (Å²) in [7, 11) is 0. The summed E-state index contributed by atoms with van der Waals surface area (Å²) in [6.45, 7) is 0. The van der Waals surface area contributed by atoms with Gasteiger partial charge in [0, 0.05) is 0 Å².